The summed E-state index contributed by atoms with van der Waals surface area (Å²) < 4.78 is 44.4. The van der Waals surface area contributed by atoms with E-state index in [0.29, 0.717) is 29.7 Å². The molecule has 45 heavy (non-hydrogen) atoms. The number of ether oxygens (including phenoxy) is 1. The van der Waals surface area contributed by atoms with Gasteiger partial charge in [0.25, 0.3) is 5.91 Å². The predicted octanol–water partition coefficient (Wildman–Crippen LogP) is 5.07. The van der Waals surface area contributed by atoms with Crippen LogP contribution in [0.1, 0.15) is 99.2 Å². The smallest absolute Gasteiger partial charge is 0.419 e. The lowest BCUT2D eigenvalue weighted by molar-refractivity contribution is -0.148. The van der Waals surface area contributed by atoms with E-state index in [1.54, 1.807) is 11.9 Å². The van der Waals surface area contributed by atoms with Gasteiger partial charge in [0, 0.05) is 63.1 Å². The molecule has 0 radical (unpaired) electrons. The van der Waals surface area contributed by atoms with Crippen molar-refractivity contribution in [2.24, 2.45) is 17.8 Å². The number of aromatic nitrogens is 3. The predicted molar refractivity (Wildman–Crippen MR) is 158 cm³/mol. The van der Waals surface area contributed by atoms with Crippen LogP contribution in [0.3, 0.4) is 0 Å². The molecule has 2 aromatic rings. The van der Waals surface area contributed by atoms with Crippen LogP contribution in [-0.2, 0) is 31.7 Å². The molecule has 2 aromatic heterocycles. The van der Waals surface area contributed by atoms with Crippen molar-refractivity contribution in [2.75, 3.05) is 7.05 Å². The minimum Gasteiger partial charge on any atom is -0.481 e. The van der Waals surface area contributed by atoms with E-state index in [4.69, 9.17) is 4.74 Å². The molecular formula is C30H40F3N5O6S. The lowest BCUT2D eigenvalue weighted by atomic mass is 9.96. The van der Waals surface area contributed by atoms with Gasteiger partial charge in [-0.1, -0.05) is 33.6 Å². The number of rotatable bonds is 16. The number of carbonyl (C=O) groups excluding carboxylic acids is 3. The van der Waals surface area contributed by atoms with Crippen molar-refractivity contribution in [3.8, 4) is 0 Å². The zero-order chi connectivity index (χ0) is 33.5. The number of amides is 2. The molecule has 0 bridgehead atoms. The average molecular weight is 656 g/mol. The summed E-state index contributed by atoms with van der Waals surface area (Å²) in [4.78, 5) is 63.3. The molecule has 0 spiro atoms. The molecule has 1 fully saturated rings. The fourth-order valence-electron chi connectivity index (χ4n) is 4.94. The molecule has 2 N–H and O–H groups in total. The second-order valence-corrected chi connectivity index (χ2v) is 12.8. The van der Waals surface area contributed by atoms with Crippen LogP contribution in [0.4, 0.5) is 13.2 Å². The van der Waals surface area contributed by atoms with Crippen molar-refractivity contribution in [3.05, 3.63) is 39.9 Å². The monoisotopic (exact) mass is 655 g/mol. The zero-order valence-electron chi connectivity index (χ0n) is 26.0. The molecule has 248 valence electrons. The van der Waals surface area contributed by atoms with Crippen LogP contribution in [0.2, 0.25) is 0 Å². The van der Waals surface area contributed by atoms with E-state index in [-0.39, 0.29) is 48.6 Å². The van der Waals surface area contributed by atoms with Crippen molar-refractivity contribution in [1.29, 1.82) is 0 Å². The summed E-state index contributed by atoms with van der Waals surface area (Å²) in [6.45, 7) is 6.65. The summed E-state index contributed by atoms with van der Waals surface area (Å²) in [5.41, 5.74) is -1.04. The van der Waals surface area contributed by atoms with Gasteiger partial charge < -0.3 is 20.1 Å². The molecule has 1 aliphatic rings. The highest BCUT2D eigenvalue weighted by molar-refractivity contribution is 7.09. The number of carboxylic acids is 1. The Labute approximate surface area is 264 Å². The first-order valence-electron chi connectivity index (χ1n) is 14.8. The molecule has 15 heteroatoms. The number of aliphatic carboxylic acids is 1. The first-order valence-corrected chi connectivity index (χ1v) is 15.7. The van der Waals surface area contributed by atoms with Crippen LogP contribution >= 0.6 is 11.3 Å². The molecular weight excluding hydrogens is 615 g/mol. The third kappa shape index (κ3) is 11.0. The normalized spacial score (nSPS) is 16.0. The molecule has 2 heterocycles. The first-order chi connectivity index (χ1) is 21.0. The molecule has 4 atom stereocenters. The third-order valence-corrected chi connectivity index (χ3v) is 8.71. The van der Waals surface area contributed by atoms with Crippen molar-refractivity contribution >= 4 is 35.1 Å². The number of thiazole rings is 1. The van der Waals surface area contributed by atoms with E-state index in [0.717, 1.165) is 30.6 Å². The molecule has 11 nitrogen and oxygen atoms in total. The van der Waals surface area contributed by atoms with E-state index in [9.17, 15) is 37.5 Å². The minimum atomic E-state index is -4.62. The van der Waals surface area contributed by atoms with E-state index in [2.05, 4.69) is 20.3 Å². The van der Waals surface area contributed by atoms with Gasteiger partial charge in [0.1, 0.15) is 16.5 Å². The quantitative estimate of drug-likeness (QED) is 0.236. The topological polar surface area (TPSA) is 152 Å². The Morgan fingerprint density at radius 3 is 2.31 bits per heavy atom. The number of alkyl halides is 3. The summed E-state index contributed by atoms with van der Waals surface area (Å²) in [5.74, 6) is -2.55. The van der Waals surface area contributed by atoms with Crippen LogP contribution in [0.15, 0.2) is 17.8 Å². The molecule has 1 aliphatic carbocycles. The van der Waals surface area contributed by atoms with Gasteiger partial charge in [0.05, 0.1) is 11.5 Å². The Morgan fingerprint density at radius 1 is 1.13 bits per heavy atom. The SMILES string of the molecule is CC(=O)O[C@H](CC(C(C)C)N(C)C(=O)CCC1CC1)c1nc(C(=O)N[C@@H](Cc2ncc(C(F)(F)F)cn2)C[C@H](C)C(=O)O)cs1. The van der Waals surface area contributed by atoms with Crippen LogP contribution in [0.25, 0.3) is 0 Å². The standard InChI is InChI=1S/C30H40F3N5O6S/c1-16(2)23(38(5)26(40)9-8-19-6-7-19)12-24(44-18(4)39)28-37-22(15-45-28)27(41)36-21(10-17(3)29(42)43)11-25-34-13-20(14-35-25)30(31,32)33/h13-17,19,21,23-24H,6-12H2,1-5H3,(H,36,41)(H,42,43)/t17-,21+,23?,24+/m0/s1. The Bertz CT molecular complexity index is 1330. The highest BCUT2D eigenvalue weighted by Gasteiger charge is 2.33. The first kappa shape index (κ1) is 35.9. The number of halogens is 3. The van der Waals surface area contributed by atoms with Crippen molar-refractivity contribution < 1.29 is 42.2 Å². The average Bonchev–Trinajstić information content (AvgIpc) is 3.65. The van der Waals surface area contributed by atoms with Gasteiger partial charge in [0.2, 0.25) is 5.91 Å². The summed E-state index contributed by atoms with van der Waals surface area (Å²) in [6.07, 6.45) is -0.480. The van der Waals surface area contributed by atoms with Gasteiger partial charge in [0.15, 0.2) is 6.10 Å². The molecule has 1 saturated carbocycles. The Balaban J connectivity index is 1.76. The third-order valence-electron chi connectivity index (χ3n) is 7.77. The van der Waals surface area contributed by atoms with Crippen LogP contribution in [0, 0.1) is 17.8 Å². The molecule has 0 saturated heterocycles. The van der Waals surface area contributed by atoms with Crippen LogP contribution in [-0.4, -0.2) is 67.8 Å². The van der Waals surface area contributed by atoms with E-state index >= 15 is 0 Å². The zero-order valence-corrected chi connectivity index (χ0v) is 26.8. The fourth-order valence-corrected chi connectivity index (χ4v) is 5.78. The van der Waals surface area contributed by atoms with Gasteiger partial charge in [-0.2, -0.15) is 13.2 Å². The maximum Gasteiger partial charge on any atom is 0.419 e. The van der Waals surface area contributed by atoms with Gasteiger partial charge in [-0.15, -0.1) is 11.3 Å². The Kier molecular flexibility index (Phi) is 12.4. The number of hydrogen-bond donors (Lipinski definition) is 2. The van der Waals surface area contributed by atoms with Crippen molar-refractivity contribution in [1.82, 2.24) is 25.2 Å². The number of nitrogens with zero attached hydrogens (tertiary/aromatic N) is 4. The van der Waals surface area contributed by atoms with E-state index < -0.39 is 47.6 Å². The second kappa shape index (κ2) is 15.6. The molecule has 0 aliphatic heterocycles. The number of esters is 1. The summed E-state index contributed by atoms with van der Waals surface area (Å²) >= 11 is 1.10. The number of hydrogen-bond acceptors (Lipinski definition) is 9. The highest BCUT2D eigenvalue weighted by atomic mass is 32.1. The van der Waals surface area contributed by atoms with Gasteiger partial charge in [-0.3, -0.25) is 19.2 Å². The maximum atomic E-state index is 13.2. The van der Waals surface area contributed by atoms with Crippen molar-refractivity contribution in [2.45, 2.75) is 97.0 Å². The Hall–Kier alpha value is -3.62. The number of nitrogens with one attached hydrogen (secondary N) is 1. The van der Waals surface area contributed by atoms with E-state index in [1.165, 1.54) is 19.2 Å². The second-order valence-electron chi connectivity index (χ2n) is 11.9. The summed E-state index contributed by atoms with van der Waals surface area (Å²) in [6, 6.07) is -1.11. The molecule has 3 rings (SSSR count). The number of carboxylic acid groups (broad SMARTS) is 1. The van der Waals surface area contributed by atoms with Gasteiger partial charge in [-0.25, -0.2) is 15.0 Å². The molecule has 1 unspecified atom stereocenters. The molecule has 0 aromatic carbocycles. The van der Waals surface area contributed by atoms with Crippen LogP contribution in [0.5, 0.6) is 0 Å². The van der Waals surface area contributed by atoms with Crippen molar-refractivity contribution in [3.63, 3.8) is 0 Å². The Morgan fingerprint density at radius 2 is 1.78 bits per heavy atom. The summed E-state index contributed by atoms with van der Waals surface area (Å²) in [5, 5.41) is 13.9. The van der Waals surface area contributed by atoms with Gasteiger partial charge in [-0.05, 0) is 24.7 Å². The summed E-state index contributed by atoms with van der Waals surface area (Å²) in [7, 11) is 1.74. The lowest BCUT2D eigenvalue weighted by Gasteiger charge is -2.33. The fraction of sp³-hybridized carbons (Fsp3) is 0.633. The molecule has 2 amide bonds. The highest BCUT2D eigenvalue weighted by Crippen LogP contribution is 2.35. The maximum absolute atomic E-state index is 13.2. The van der Waals surface area contributed by atoms with Crippen LogP contribution < -0.4 is 5.32 Å². The lowest BCUT2D eigenvalue weighted by Crippen LogP contribution is -2.41. The van der Waals surface area contributed by atoms with E-state index in [1.807, 2.05) is 13.8 Å². The van der Waals surface area contributed by atoms with Gasteiger partial charge >= 0.3 is 18.1 Å². The largest absolute Gasteiger partial charge is 0.481 e. The minimum absolute atomic E-state index is 0.00435. The number of carbonyl (C=O) groups is 4.